The zero-order chi connectivity index (χ0) is 10.7. The first kappa shape index (κ1) is 10.3. The first-order chi connectivity index (χ1) is 7.25. The van der Waals surface area contributed by atoms with Gasteiger partial charge in [-0.05, 0) is 12.3 Å². The Hall–Kier alpha value is -1.19. The lowest BCUT2D eigenvalue weighted by Crippen LogP contribution is -2.03. The number of Topliss-reactive ketones (excluding diaryl/α,β-unsaturated/α-hetero) is 1. The molecule has 0 spiro atoms. The second-order valence-electron chi connectivity index (χ2n) is 4.39. The number of aryl methyl sites for hydroxylation is 1. The van der Waals surface area contributed by atoms with Crippen LogP contribution in [0.1, 0.15) is 49.0 Å². The van der Waals surface area contributed by atoms with E-state index in [1.165, 1.54) is 25.7 Å². The smallest absolute Gasteiger partial charge is 0.184 e. The Balaban J connectivity index is 1.81. The molecule has 0 amide bonds. The summed E-state index contributed by atoms with van der Waals surface area (Å²) in [7, 11) is 1.78. The molecule has 2 rings (SSSR count). The van der Waals surface area contributed by atoms with Gasteiger partial charge in [0.15, 0.2) is 5.78 Å². The maximum atomic E-state index is 11.7. The van der Waals surface area contributed by atoms with Gasteiger partial charge in [-0.25, -0.2) is 0 Å². The van der Waals surface area contributed by atoms with E-state index in [0.717, 1.165) is 12.3 Å². The number of aromatic nitrogens is 3. The van der Waals surface area contributed by atoms with E-state index < -0.39 is 0 Å². The van der Waals surface area contributed by atoms with Crippen molar-refractivity contribution in [2.45, 2.75) is 38.5 Å². The Morgan fingerprint density at radius 3 is 2.87 bits per heavy atom. The summed E-state index contributed by atoms with van der Waals surface area (Å²) < 4.78 is 1.57. The van der Waals surface area contributed by atoms with E-state index in [0.29, 0.717) is 12.1 Å². The number of hydrogen-bond donors (Lipinski definition) is 0. The van der Waals surface area contributed by atoms with Crippen LogP contribution in [0.5, 0.6) is 0 Å². The number of ketones is 1. The van der Waals surface area contributed by atoms with Gasteiger partial charge in [0.2, 0.25) is 0 Å². The zero-order valence-electron chi connectivity index (χ0n) is 9.15. The number of carbonyl (C=O) groups is 1. The van der Waals surface area contributed by atoms with Crippen molar-refractivity contribution < 1.29 is 4.79 Å². The van der Waals surface area contributed by atoms with E-state index in [-0.39, 0.29) is 5.78 Å². The summed E-state index contributed by atoms with van der Waals surface area (Å²) in [4.78, 5) is 11.7. The molecule has 15 heavy (non-hydrogen) atoms. The lowest BCUT2D eigenvalue weighted by molar-refractivity contribution is 0.0969. The average molecular weight is 207 g/mol. The lowest BCUT2D eigenvalue weighted by atomic mass is 9.99. The third-order valence-electron chi connectivity index (χ3n) is 3.14. The fourth-order valence-corrected chi connectivity index (χ4v) is 2.24. The fourth-order valence-electron chi connectivity index (χ4n) is 2.24. The molecule has 0 N–H and O–H groups in total. The van der Waals surface area contributed by atoms with Gasteiger partial charge >= 0.3 is 0 Å². The highest BCUT2D eigenvalue weighted by Gasteiger charge is 2.17. The van der Waals surface area contributed by atoms with Crippen LogP contribution in [0.15, 0.2) is 6.20 Å². The van der Waals surface area contributed by atoms with E-state index in [2.05, 4.69) is 10.3 Å². The highest BCUT2D eigenvalue weighted by Crippen LogP contribution is 2.28. The van der Waals surface area contributed by atoms with Gasteiger partial charge in [0.1, 0.15) is 5.69 Å². The van der Waals surface area contributed by atoms with Crippen molar-refractivity contribution >= 4 is 5.78 Å². The van der Waals surface area contributed by atoms with Crippen molar-refractivity contribution in [3.8, 4) is 0 Å². The van der Waals surface area contributed by atoms with Crippen LogP contribution >= 0.6 is 0 Å². The third-order valence-corrected chi connectivity index (χ3v) is 3.14. The van der Waals surface area contributed by atoms with Crippen LogP contribution in [-0.4, -0.2) is 20.8 Å². The molecule has 1 aromatic heterocycles. The molecule has 0 atom stereocenters. The topological polar surface area (TPSA) is 47.8 Å². The van der Waals surface area contributed by atoms with Crippen LogP contribution in [0, 0.1) is 5.92 Å². The summed E-state index contributed by atoms with van der Waals surface area (Å²) in [5.74, 6) is 0.903. The molecule has 0 saturated heterocycles. The van der Waals surface area contributed by atoms with Crippen LogP contribution in [-0.2, 0) is 7.05 Å². The van der Waals surface area contributed by atoms with Crippen molar-refractivity contribution in [1.29, 1.82) is 0 Å². The van der Waals surface area contributed by atoms with Crippen molar-refractivity contribution in [3.05, 3.63) is 11.9 Å². The molecular weight excluding hydrogens is 190 g/mol. The van der Waals surface area contributed by atoms with Gasteiger partial charge in [0.05, 0.1) is 6.20 Å². The summed E-state index contributed by atoms with van der Waals surface area (Å²) in [6.07, 6.45) is 8.62. The van der Waals surface area contributed by atoms with Gasteiger partial charge < -0.3 is 0 Å². The van der Waals surface area contributed by atoms with Crippen LogP contribution < -0.4 is 0 Å². The van der Waals surface area contributed by atoms with Gasteiger partial charge in [-0.2, -0.15) is 0 Å². The molecule has 4 heteroatoms. The molecule has 0 unspecified atom stereocenters. The monoisotopic (exact) mass is 207 g/mol. The summed E-state index contributed by atoms with van der Waals surface area (Å²) in [6.45, 7) is 0. The van der Waals surface area contributed by atoms with Crippen LogP contribution in [0.25, 0.3) is 0 Å². The van der Waals surface area contributed by atoms with Gasteiger partial charge in [0.25, 0.3) is 0 Å². The minimum absolute atomic E-state index is 0.134. The van der Waals surface area contributed by atoms with E-state index in [1.807, 2.05) is 0 Å². The molecule has 1 heterocycles. The highest BCUT2D eigenvalue weighted by molar-refractivity contribution is 5.93. The predicted molar refractivity (Wildman–Crippen MR) is 56.5 cm³/mol. The molecule has 82 valence electrons. The summed E-state index contributed by atoms with van der Waals surface area (Å²) in [5.41, 5.74) is 0.510. The molecule has 0 aromatic carbocycles. The Kier molecular flexibility index (Phi) is 3.14. The lowest BCUT2D eigenvalue weighted by Gasteiger charge is -2.05. The second kappa shape index (κ2) is 4.55. The standard InChI is InChI=1S/C11H17N3O/c1-14-8-10(12-13-14)11(15)7-6-9-4-2-3-5-9/h8-9H,2-7H2,1H3. The molecule has 1 aromatic rings. The molecule has 0 aliphatic heterocycles. The van der Waals surface area contributed by atoms with Gasteiger partial charge in [-0.15, -0.1) is 5.10 Å². The number of hydrogen-bond acceptors (Lipinski definition) is 3. The van der Waals surface area contributed by atoms with Crippen LogP contribution in [0.4, 0.5) is 0 Å². The van der Waals surface area contributed by atoms with Gasteiger partial charge in [-0.1, -0.05) is 30.9 Å². The van der Waals surface area contributed by atoms with Gasteiger partial charge in [-0.3, -0.25) is 9.48 Å². The Bertz CT molecular complexity index is 339. The minimum atomic E-state index is 0.134. The Labute approximate surface area is 89.7 Å². The number of rotatable bonds is 4. The molecule has 1 fully saturated rings. The van der Waals surface area contributed by atoms with Crippen molar-refractivity contribution in [1.82, 2.24) is 15.0 Å². The SMILES string of the molecule is Cn1cc(C(=O)CCC2CCCC2)nn1. The van der Waals surface area contributed by atoms with E-state index in [1.54, 1.807) is 17.9 Å². The molecule has 1 aliphatic rings. The molecular formula is C11H17N3O. The zero-order valence-corrected chi connectivity index (χ0v) is 9.15. The minimum Gasteiger partial charge on any atom is -0.292 e. The van der Waals surface area contributed by atoms with Gasteiger partial charge in [0, 0.05) is 13.5 Å². The van der Waals surface area contributed by atoms with Crippen molar-refractivity contribution in [2.24, 2.45) is 13.0 Å². The summed E-state index contributed by atoms with van der Waals surface area (Å²) in [5, 5.41) is 7.59. The average Bonchev–Trinajstić information content (AvgIpc) is 2.84. The maximum Gasteiger partial charge on any atom is 0.184 e. The second-order valence-corrected chi connectivity index (χ2v) is 4.39. The molecule has 1 aliphatic carbocycles. The molecule has 1 saturated carbocycles. The first-order valence-electron chi connectivity index (χ1n) is 5.65. The maximum absolute atomic E-state index is 11.7. The molecule has 0 radical (unpaired) electrons. The number of nitrogens with zero attached hydrogens (tertiary/aromatic N) is 3. The van der Waals surface area contributed by atoms with E-state index in [9.17, 15) is 4.79 Å². The largest absolute Gasteiger partial charge is 0.292 e. The summed E-state index contributed by atoms with van der Waals surface area (Å²) >= 11 is 0. The quantitative estimate of drug-likeness (QED) is 0.709. The number of carbonyl (C=O) groups excluding carboxylic acids is 1. The van der Waals surface area contributed by atoms with E-state index in [4.69, 9.17) is 0 Å². The molecule has 4 nitrogen and oxygen atoms in total. The predicted octanol–water partition coefficient (Wildman–Crippen LogP) is 1.97. The first-order valence-corrected chi connectivity index (χ1v) is 5.65. The highest BCUT2D eigenvalue weighted by atomic mass is 16.1. The molecule has 0 bridgehead atoms. The Morgan fingerprint density at radius 1 is 1.53 bits per heavy atom. The van der Waals surface area contributed by atoms with Crippen molar-refractivity contribution in [3.63, 3.8) is 0 Å². The van der Waals surface area contributed by atoms with Crippen LogP contribution in [0.2, 0.25) is 0 Å². The fraction of sp³-hybridized carbons (Fsp3) is 0.727. The van der Waals surface area contributed by atoms with E-state index >= 15 is 0 Å². The summed E-state index contributed by atoms with van der Waals surface area (Å²) in [6, 6.07) is 0. The normalized spacial score (nSPS) is 17.1. The third kappa shape index (κ3) is 2.64. The van der Waals surface area contributed by atoms with Crippen molar-refractivity contribution in [2.75, 3.05) is 0 Å². The Morgan fingerprint density at radius 2 is 2.27 bits per heavy atom. The van der Waals surface area contributed by atoms with Crippen LogP contribution in [0.3, 0.4) is 0 Å².